The average molecular weight is 284 g/mol. The molecular formula is C14H24N2O4. The number of methoxy groups -OCH3 is 1. The zero-order valence-electron chi connectivity index (χ0n) is 12.0. The van der Waals surface area contributed by atoms with E-state index in [1.807, 2.05) is 0 Å². The lowest BCUT2D eigenvalue weighted by atomic mass is 9.86. The number of esters is 1. The van der Waals surface area contributed by atoms with E-state index in [9.17, 15) is 9.59 Å². The molecule has 0 spiro atoms. The van der Waals surface area contributed by atoms with Crippen LogP contribution in [-0.4, -0.2) is 51.3 Å². The van der Waals surface area contributed by atoms with E-state index in [4.69, 9.17) is 9.47 Å². The number of carbonyl (C=O) groups excluding carboxylic acids is 2. The summed E-state index contributed by atoms with van der Waals surface area (Å²) in [5.41, 5.74) is 0. The number of hydrogen-bond acceptors (Lipinski definition) is 5. The Morgan fingerprint density at radius 2 is 2.10 bits per heavy atom. The molecule has 0 radical (unpaired) electrons. The van der Waals surface area contributed by atoms with Crippen molar-refractivity contribution in [1.29, 1.82) is 0 Å². The minimum atomic E-state index is -0.269. The summed E-state index contributed by atoms with van der Waals surface area (Å²) >= 11 is 0. The summed E-state index contributed by atoms with van der Waals surface area (Å²) in [4.78, 5) is 23.9. The molecule has 6 nitrogen and oxygen atoms in total. The van der Waals surface area contributed by atoms with Crippen molar-refractivity contribution in [3.8, 4) is 0 Å². The highest BCUT2D eigenvalue weighted by molar-refractivity contribution is 5.82. The molecule has 6 heteroatoms. The highest BCUT2D eigenvalue weighted by Gasteiger charge is 2.32. The van der Waals surface area contributed by atoms with Gasteiger partial charge < -0.3 is 20.1 Å². The zero-order valence-corrected chi connectivity index (χ0v) is 12.0. The number of hydrogen-bond donors (Lipinski definition) is 2. The van der Waals surface area contributed by atoms with E-state index in [1.165, 1.54) is 7.11 Å². The van der Waals surface area contributed by atoms with Gasteiger partial charge in [0.25, 0.3) is 0 Å². The first-order chi connectivity index (χ1) is 9.72. The molecule has 2 rings (SSSR count). The largest absolute Gasteiger partial charge is 0.469 e. The fourth-order valence-electron chi connectivity index (χ4n) is 2.95. The number of nitrogens with one attached hydrogen (secondary N) is 2. The van der Waals surface area contributed by atoms with E-state index < -0.39 is 0 Å². The van der Waals surface area contributed by atoms with Crippen molar-refractivity contribution in [2.45, 2.75) is 31.7 Å². The SMILES string of the molecule is COC(=O)C(CNC(=O)C1CCCN1)C1CCOCC1. The molecule has 1 amide bonds. The standard InChI is InChI=1S/C14H24N2O4/c1-19-14(18)11(10-4-7-20-8-5-10)9-16-13(17)12-3-2-6-15-12/h10-12,15H,2-9H2,1H3,(H,16,17). The highest BCUT2D eigenvalue weighted by Crippen LogP contribution is 2.24. The molecule has 2 saturated heterocycles. The predicted octanol–water partition coefficient (Wildman–Crippen LogP) is 0.0704. The maximum Gasteiger partial charge on any atom is 0.310 e. The van der Waals surface area contributed by atoms with E-state index in [0.29, 0.717) is 19.8 Å². The molecule has 20 heavy (non-hydrogen) atoms. The van der Waals surface area contributed by atoms with Gasteiger partial charge in [-0.2, -0.15) is 0 Å². The number of ether oxygens (including phenoxy) is 2. The average Bonchev–Trinajstić information content (AvgIpc) is 3.02. The van der Waals surface area contributed by atoms with Crippen LogP contribution in [-0.2, 0) is 19.1 Å². The Morgan fingerprint density at radius 1 is 1.35 bits per heavy atom. The van der Waals surface area contributed by atoms with Gasteiger partial charge in [0.15, 0.2) is 0 Å². The topological polar surface area (TPSA) is 76.7 Å². The second-order valence-electron chi connectivity index (χ2n) is 5.47. The third-order valence-electron chi connectivity index (χ3n) is 4.21. The van der Waals surface area contributed by atoms with E-state index >= 15 is 0 Å². The molecule has 2 N–H and O–H groups in total. The lowest BCUT2D eigenvalue weighted by Crippen LogP contribution is -2.45. The summed E-state index contributed by atoms with van der Waals surface area (Å²) in [6.07, 6.45) is 3.58. The van der Waals surface area contributed by atoms with Crippen molar-refractivity contribution in [1.82, 2.24) is 10.6 Å². The van der Waals surface area contributed by atoms with Crippen LogP contribution in [0.4, 0.5) is 0 Å². The van der Waals surface area contributed by atoms with Gasteiger partial charge in [0.05, 0.1) is 19.1 Å². The Hall–Kier alpha value is -1.14. The van der Waals surface area contributed by atoms with E-state index in [2.05, 4.69) is 10.6 Å². The fraction of sp³-hybridized carbons (Fsp3) is 0.857. The lowest BCUT2D eigenvalue weighted by Gasteiger charge is -2.28. The van der Waals surface area contributed by atoms with Gasteiger partial charge in [-0.3, -0.25) is 9.59 Å². The van der Waals surface area contributed by atoms with Crippen molar-refractivity contribution in [2.75, 3.05) is 33.4 Å². The van der Waals surface area contributed by atoms with Crippen molar-refractivity contribution >= 4 is 11.9 Å². The Labute approximate surface area is 119 Å². The monoisotopic (exact) mass is 284 g/mol. The molecule has 0 aliphatic carbocycles. The van der Waals surface area contributed by atoms with Gasteiger partial charge in [-0.1, -0.05) is 0 Å². The zero-order chi connectivity index (χ0) is 14.4. The Bertz CT molecular complexity index is 336. The third kappa shape index (κ3) is 3.93. The maximum absolute atomic E-state index is 12.0. The first-order valence-electron chi connectivity index (χ1n) is 7.39. The summed E-state index contributed by atoms with van der Waals surface area (Å²) in [6.45, 7) is 2.60. The summed E-state index contributed by atoms with van der Waals surface area (Å²) in [5, 5.41) is 6.05. The van der Waals surface area contributed by atoms with Gasteiger partial charge >= 0.3 is 5.97 Å². The second kappa shape index (κ2) is 7.59. The third-order valence-corrected chi connectivity index (χ3v) is 4.21. The van der Waals surface area contributed by atoms with Crippen molar-refractivity contribution in [3.05, 3.63) is 0 Å². The number of carbonyl (C=O) groups is 2. The normalized spacial score (nSPS) is 25.1. The Balaban J connectivity index is 1.86. The summed E-state index contributed by atoms with van der Waals surface area (Å²) in [5.74, 6) is -0.290. The van der Waals surface area contributed by atoms with Crippen LogP contribution in [0.2, 0.25) is 0 Å². The minimum absolute atomic E-state index is 0.0107. The molecule has 2 atom stereocenters. The van der Waals surface area contributed by atoms with Crippen molar-refractivity contribution in [3.63, 3.8) is 0 Å². The van der Waals surface area contributed by atoms with Crippen LogP contribution in [0, 0.1) is 11.8 Å². The molecule has 0 aromatic heterocycles. The first-order valence-corrected chi connectivity index (χ1v) is 7.39. The Morgan fingerprint density at radius 3 is 2.70 bits per heavy atom. The molecule has 0 bridgehead atoms. The number of rotatable bonds is 5. The molecule has 0 aromatic carbocycles. The highest BCUT2D eigenvalue weighted by atomic mass is 16.5. The molecule has 0 saturated carbocycles. The van der Waals surface area contributed by atoms with Crippen molar-refractivity contribution < 1.29 is 19.1 Å². The molecule has 2 aliphatic rings. The van der Waals surface area contributed by atoms with Gasteiger partial charge in [-0.15, -0.1) is 0 Å². The fourth-order valence-corrected chi connectivity index (χ4v) is 2.95. The first kappa shape index (κ1) is 15.3. The van der Waals surface area contributed by atoms with Crippen LogP contribution in [0.15, 0.2) is 0 Å². The van der Waals surface area contributed by atoms with Gasteiger partial charge in [-0.25, -0.2) is 0 Å². The Kier molecular flexibility index (Phi) is 5.79. The summed E-state index contributed by atoms with van der Waals surface area (Å²) in [7, 11) is 1.40. The smallest absolute Gasteiger partial charge is 0.310 e. The van der Waals surface area contributed by atoms with E-state index in [0.717, 1.165) is 32.2 Å². The molecule has 2 unspecified atom stereocenters. The molecule has 2 heterocycles. The van der Waals surface area contributed by atoms with Crippen LogP contribution in [0.5, 0.6) is 0 Å². The maximum atomic E-state index is 12.0. The van der Waals surface area contributed by atoms with Gasteiger partial charge in [0.2, 0.25) is 5.91 Å². The van der Waals surface area contributed by atoms with E-state index in [1.54, 1.807) is 0 Å². The minimum Gasteiger partial charge on any atom is -0.469 e. The number of amides is 1. The molecular weight excluding hydrogens is 260 g/mol. The van der Waals surface area contributed by atoms with Gasteiger partial charge in [0, 0.05) is 19.8 Å². The summed E-state index contributed by atoms with van der Waals surface area (Å²) in [6, 6.07) is -0.108. The van der Waals surface area contributed by atoms with Gasteiger partial charge in [-0.05, 0) is 38.1 Å². The van der Waals surface area contributed by atoms with Crippen molar-refractivity contribution in [2.24, 2.45) is 11.8 Å². The molecule has 114 valence electrons. The molecule has 2 aliphatic heterocycles. The molecule has 2 fully saturated rings. The van der Waals surface area contributed by atoms with Crippen LogP contribution < -0.4 is 10.6 Å². The van der Waals surface area contributed by atoms with Crippen LogP contribution in [0.3, 0.4) is 0 Å². The van der Waals surface area contributed by atoms with Crippen LogP contribution >= 0.6 is 0 Å². The summed E-state index contributed by atoms with van der Waals surface area (Å²) < 4.78 is 10.2. The lowest BCUT2D eigenvalue weighted by molar-refractivity contribution is -0.148. The quantitative estimate of drug-likeness (QED) is 0.699. The predicted molar refractivity (Wildman–Crippen MR) is 73.1 cm³/mol. The van der Waals surface area contributed by atoms with Gasteiger partial charge in [0.1, 0.15) is 0 Å². The van der Waals surface area contributed by atoms with Crippen LogP contribution in [0.1, 0.15) is 25.7 Å². The van der Waals surface area contributed by atoms with E-state index in [-0.39, 0.29) is 29.8 Å². The van der Waals surface area contributed by atoms with Crippen LogP contribution in [0.25, 0.3) is 0 Å². The molecule has 0 aromatic rings. The second-order valence-corrected chi connectivity index (χ2v) is 5.47.